The van der Waals surface area contributed by atoms with Gasteiger partial charge >= 0.3 is 0 Å². The molecule has 118 valence electrons. The molecule has 4 heteroatoms. The summed E-state index contributed by atoms with van der Waals surface area (Å²) in [5.74, 6) is -0.302. The van der Waals surface area contributed by atoms with E-state index in [9.17, 15) is 14.6 Å². The van der Waals surface area contributed by atoms with E-state index in [2.05, 4.69) is 5.32 Å². The van der Waals surface area contributed by atoms with Crippen LogP contribution in [0.3, 0.4) is 0 Å². The SMILES string of the molecule is Cc1cc(F)ccc1C(O)CNC(CCO)c1ccccc1. The number of hydrogen-bond acceptors (Lipinski definition) is 3. The van der Waals surface area contributed by atoms with Gasteiger partial charge in [-0.25, -0.2) is 4.39 Å². The average molecular weight is 303 g/mol. The minimum Gasteiger partial charge on any atom is -0.396 e. The highest BCUT2D eigenvalue weighted by molar-refractivity contribution is 5.29. The number of rotatable bonds is 7. The number of aryl methyl sites for hydroxylation is 1. The largest absolute Gasteiger partial charge is 0.396 e. The van der Waals surface area contributed by atoms with E-state index in [0.717, 1.165) is 11.1 Å². The first-order chi connectivity index (χ1) is 10.6. The van der Waals surface area contributed by atoms with Crippen LogP contribution in [0.25, 0.3) is 0 Å². The lowest BCUT2D eigenvalue weighted by atomic mass is 10.0. The zero-order chi connectivity index (χ0) is 15.9. The second-order valence-electron chi connectivity index (χ2n) is 5.40. The smallest absolute Gasteiger partial charge is 0.123 e. The summed E-state index contributed by atoms with van der Waals surface area (Å²) in [7, 11) is 0. The number of nitrogens with one attached hydrogen (secondary N) is 1. The molecular formula is C18H22FNO2. The van der Waals surface area contributed by atoms with Crippen LogP contribution in [0.1, 0.15) is 35.3 Å². The molecule has 2 atom stereocenters. The molecule has 2 rings (SSSR count). The molecule has 0 radical (unpaired) electrons. The van der Waals surface area contributed by atoms with Crippen LogP contribution in [-0.2, 0) is 0 Å². The third kappa shape index (κ3) is 4.37. The van der Waals surface area contributed by atoms with Crippen LogP contribution >= 0.6 is 0 Å². The van der Waals surface area contributed by atoms with Crippen LogP contribution in [0.4, 0.5) is 4.39 Å². The van der Waals surface area contributed by atoms with Gasteiger partial charge in [0, 0.05) is 19.2 Å². The van der Waals surface area contributed by atoms with Gasteiger partial charge in [0.1, 0.15) is 5.82 Å². The molecular weight excluding hydrogens is 281 g/mol. The lowest BCUT2D eigenvalue weighted by Crippen LogP contribution is -2.27. The standard InChI is InChI=1S/C18H22FNO2/c1-13-11-15(19)7-8-16(13)18(22)12-20-17(9-10-21)14-5-3-2-4-6-14/h2-8,11,17-18,20-22H,9-10,12H2,1H3. The maximum atomic E-state index is 13.1. The molecule has 2 aromatic rings. The van der Waals surface area contributed by atoms with Gasteiger partial charge < -0.3 is 15.5 Å². The second-order valence-corrected chi connectivity index (χ2v) is 5.40. The highest BCUT2D eigenvalue weighted by atomic mass is 19.1. The first-order valence-electron chi connectivity index (χ1n) is 7.45. The van der Waals surface area contributed by atoms with Crippen molar-refractivity contribution in [2.24, 2.45) is 0 Å². The van der Waals surface area contributed by atoms with E-state index in [1.165, 1.54) is 12.1 Å². The Kier molecular flexibility index (Phi) is 6.07. The molecule has 0 aliphatic heterocycles. The fourth-order valence-electron chi connectivity index (χ4n) is 2.58. The molecule has 2 aromatic carbocycles. The van der Waals surface area contributed by atoms with E-state index in [0.29, 0.717) is 18.5 Å². The van der Waals surface area contributed by atoms with E-state index in [1.807, 2.05) is 30.3 Å². The van der Waals surface area contributed by atoms with Gasteiger partial charge in [0.05, 0.1) is 6.10 Å². The van der Waals surface area contributed by atoms with Crippen LogP contribution in [0.2, 0.25) is 0 Å². The van der Waals surface area contributed by atoms with Crippen LogP contribution in [0.15, 0.2) is 48.5 Å². The molecule has 0 aliphatic carbocycles. The Hall–Kier alpha value is -1.75. The molecule has 3 nitrogen and oxygen atoms in total. The maximum Gasteiger partial charge on any atom is 0.123 e. The average Bonchev–Trinajstić information content (AvgIpc) is 2.52. The molecule has 0 fully saturated rings. The van der Waals surface area contributed by atoms with Crippen molar-refractivity contribution in [3.63, 3.8) is 0 Å². The number of hydrogen-bond donors (Lipinski definition) is 3. The van der Waals surface area contributed by atoms with Crippen molar-refractivity contribution in [1.82, 2.24) is 5.32 Å². The fourth-order valence-corrected chi connectivity index (χ4v) is 2.58. The van der Waals surface area contributed by atoms with Gasteiger partial charge in [-0.05, 0) is 42.2 Å². The van der Waals surface area contributed by atoms with E-state index in [-0.39, 0.29) is 18.5 Å². The van der Waals surface area contributed by atoms with E-state index < -0.39 is 6.10 Å². The first-order valence-corrected chi connectivity index (χ1v) is 7.45. The molecule has 0 aliphatic rings. The zero-order valence-corrected chi connectivity index (χ0v) is 12.7. The Balaban J connectivity index is 2.02. The predicted octanol–water partition coefficient (Wildman–Crippen LogP) is 2.88. The highest BCUT2D eigenvalue weighted by Crippen LogP contribution is 2.21. The lowest BCUT2D eigenvalue weighted by Gasteiger charge is -2.21. The lowest BCUT2D eigenvalue weighted by molar-refractivity contribution is 0.164. The van der Waals surface area contributed by atoms with E-state index in [4.69, 9.17) is 0 Å². The summed E-state index contributed by atoms with van der Waals surface area (Å²) in [6.07, 6.45) is -0.149. The van der Waals surface area contributed by atoms with Crippen molar-refractivity contribution in [3.8, 4) is 0 Å². The van der Waals surface area contributed by atoms with Gasteiger partial charge in [-0.3, -0.25) is 0 Å². The minimum absolute atomic E-state index is 0.0263. The van der Waals surface area contributed by atoms with Crippen molar-refractivity contribution >= 4 is 0 Å². The van der Waals surface area contributed by atoms with Gasteiger partial charge in [-0.2, -0.15) is 0 Å². The van der Waals surface area contributed by atoms with Gasteiger partial charge in [-0.1, -0.05) is 36.4 Å². The molecule has 3 N–H and O–H groups in total. The van der Waals surface area contributed by atoms with Crippen molar-refractivity contribution < 1.29 is 14.6 Å². The summed E-state index contributed by atoms with van der Waals surface area (Å²) in [5, 5.41) is 22.8. The number of aliphatic hydroxyl groups excluding tert-OH is 2. The Morgan fingerprint density at radius 3 is 2.50 bits per heavy atom. The second kappa shape index (κ2) is 8.03. The summed E-state index contributed by atoms with van der Waals surface area (Å²) >= 11 is 0. The monoisotopic (exact) mass is 303 g/mol. The molecule has 2 unspecified atom stereocenters. The molecule has 0 heterocycles. The number of halogens is 1. The minimum atomic E-state index is -0.717. The summed E-state index contributed by atoms with van der Waals surface area (Å²) in [5.41, 5.74) is 2.51. The van der Waals surface area contributed by atoms with Gasteiger partial charge in [0.25, 0.3) is 0 Å². The van der Waals surface area contributed by atoms with Crippen molar-refractivity contribution in [2.75, 3.05) is 13.2 Å². The quantitative estimate of drug-likeness (QED) is 0.737. The van der Waals surface area contributed by atoms with Gasteiger partial charge in [0.15, 0.2) is 0 Å². The third-order valence-corrected chi connectivity index (χ3v) is 3.77. The zero-order valence-electron chi connectivity index (χ0n) is 12.7. The molecule has 0 saturated carbocycles. The molecule has 22 heavy (non-hydrogen) atoms. The molecule has 0 aromatic heterocycles. The summed E-state index contributed by atoms with van der Waals surface area (Å²) in [6, 6.07) is 14.2. The topological polar surface area (TPSA) is 52.5 Å². The Morgan fingerprint density at radius 1 is 1.14 bits per heavy atom. The first kappa shape index (κ1) is 16.6. The van der Waals surface area contributed by atoms with Crippen LogP contribution in [0, 0.1) is 12.7 Å². The van der Waals surface area contributed by atoms with E-state index >= 15 is 0 Å². The third-order valence-electron chi connectivity index (χ3n) is 3.77. The predicted molar refractivity (Wildman–Crippen MR) is 85.0 cm³/mol. The summed E-state index contributed by atoms with van der Waals surface area (Å²) in [4.78, 5) is 0. The number of aliphatic hydroxyl groups is 2. The Bertz CT molecular complexity index is 589. The Labute approximate surface area is 130 Å². The fraction of sp³-hybridized carbons (Fsp3) is 0.333. The Morgan fingerprint density at radius 2 is 1.86 bits per heavy atom. The normalized spacial score (nSPS) is 13.8. The molecule has 0 amide bonds. The molecule has 0 bridgehead atoms. The summed E-state index contributed by atoms with van der Waals surface area (Å²) in [6.45, 7) is 2.19. The van der Waals surface area contributed by atoms with Crippen molar-refractivity contribution in [1.29, 1.82) is 0 Å². The van der Waals surface area contributed by atoms with Crippen molar-refractivity contribution in [2.45, 2.75) is 25.5 Å². The molecule has 0 saturated heterocycles. The van der Waals surface area contributed by atoms with E-state index in [1.54, 1.807) is 13.0 Å². The van der Waals surface area contributed by atoms with Crippen LogP contribution in [0.5, 0.6) is 0 Å². The summed E-state index contributed by atoms with van der Waals surface area (Å²) < 4.78 is 13.1. The van der Waals surface area contributed by atoms with Crippen LogP contribution in [-0.4, -0.2) is 23.4 Å². The maximum absolute atomic E-state index is 13.1. The number of benzene rings is 2. The van der Waals surface area contributed by atoms with Crippen molar-refractivity contribution in [3.05, 3.63) is 71.0 Å². The highest BCUT2D eigenvalue weighted by Gasteiger charge is 2.15. The molecule has 0 spiro atoms. The van der Waals surface area contributed by atoms with Gasteiger partial charge in [-0.15, -0.1) is 0 Å². The van der Waals surface area contributed by atoms with Gasteiger partial charge in [0.2, 0.25) is 0 Å². The van der Waals surface area contributed by atoms with Crippen LogP contribution < -0.4 is 5.32 Å².